The molecule has 94 valence electrons. The van der Waals surface area contributed by atoms with Crippen LogP contribution in [0.15, 0.2) is 27.2 Å². The lowest BCUT2D eigenvalue weighted by Gasteiger charge is -2.34. The second-order valence-electron chi connectivity index (χ2n) is 4.66. The number of nitrogens with two attached hydrogens (primary N) is 2. The lowest BCUT2D eigenvalue weighted by Crippen LogP contribution is -2.44. The molecule has 1 aromatic carbocycles. The summed E-state index contributed by atoms with van der Waals surface area (Å²) in [5.41, 5.74) is 13.0. The van der Waals surface area contributed by atoms with E-state index in [0.717, 1.165) is 29.3 Å². The Morgan fingerprint density at radius 3 is 2.72 bits per heavy atom. The highest BCUT2D eigenvalue weighted by molar-refractivity contribution is 9.10. The van der Waals surface area contributed by atoms with Crippen LogP contribution in [0.3, 0.4) is 0 Å². The number of benzene rings is 1. The summed E-state index contributed by atoms with van der Waals surface area (Å²) in [4.78, 5) is 4.37. The minimum absolute atomic E-state index is 0.411. The highest BCUT2D eigenvalue weighted by Crippen LogP contribution is 2.38. The van der Waals surface area contributed by atoms with Gasteiger partial charge >= 0.3 is 0 Å². The van der Waals surface area contributed by atoms with E-state index in [1.165, 1.54) is 0 Å². The predicted molar refractivity (Wildman–Crippen MR) is 71.6 cm³/mol. The van der Waals surface area contributed by atoms with Crippen molar-refractivity contribution in [3.63, 3.8) is 0 Å². The molecule has 18 heavy (non-hydrogen) atoms. The first-order valence-corrected chi connectivity index (χ1v) is 6.56. The summed E-state index contributed by atoms with van der Waals surface area (Å²) in [5.74, 6) is 0.998. The number of rotatable bonds is 2. The normalized spacial score (nSPS) is 17.4. The number of halogens is 1. The first-order chi connectivity index (χ1) is 8.58. The van der Waals surface area contributed by atoms with Crippen LogP contribution in [0, 0.1) is 0 Å². The fraction of sp³-hybridized carbons (Fsp3) is 0.333. The van der Waals surface area contributed by atoms with Crippen LogP contribution < -0.4 is 11.5 Å². The van der Waals surface area contributed by atoms with Crippen molar-refractivity contribution in [3.05, 3.63) is 28.5 Å². The quantitative estimate of drug-likeness (QED) is 0.831. The van der Waals surface area contributed by atoms with Crippen molar-refractivity contribution >= 4 is 21.6 Å². The van der Waals surface area contributed by atoms with Gasteiger partial charge in [0.1, 0.15) is 0 Å². The maximum atomic E-state index is 6.15. The molecule has 0 amide bonds. The third-order valence-electron chi connectivity index (χ3n) is 3.36. The minimum atomic E-state index is -0.411. The van der Waals surface area contributed by atoms with Gasteiger partial charge in [0, 0.05) is 10.2 Å². The molecule has 2 aromatic rings. The summed E-state index contributed by atoms with van der Waals surface area (Å²) in [7, 11) is 0. The Balaban J connectivity index is 1.97. The first-order valence-electron chi connectivity index (χ1n) is 5.77. The third-order valence-corrected chi connectivity index (χ3v) is 3.85. The number of nitrogen functional groups attached to an aromatic ring is 1. The molecule has 1 aliphatic rings. The summed E-state index contributed by atoms with van der Waals surface area (Å²) in [6.45, 7) is 0. The zero-order valence-corrected chi connectivity index (χ0v) is 11.3. The number of aromatic nitrogens is 2. The van der Waals surface area contributed by atoms with E-state index < -0.39 is 5.54 Å². The molecule has 0 atom stereocenters. The molecule has 1 saturated carbocycles. The number of hydrogen-bond donors (Lipinski definition) is 2. The summed E-state index contributed by atoms with van der Waals surface area (Å²) in [6.07, 6.45) is 2.92. The van der Waals surface area contributed by atoms with E-state index >= 15 is 0 Å². The van der Waals surface area contributed by atoms with Crippen LogP contribution >= 0.6 is 15.9 Å². The van der Waals surface area contributed by atoms with Crippen LogP contribution in [0.4, 0.5) is 5.69 Å². The zero-order chi connectivity index (χ0) is 12.8. The molecule has 0 spiro atoms. The van der Waals surface area contributed by atoms with Crippen molar-refractivity contribution in [2.45, 2.75) is 24.8 Å². The minimum Gasteiger partial charge on any atom is -0.398 e. The first kappa shape index (κ1) is 11.7. The van der Waals surface area contributed by atoms with Crippen molar-refractivity contribution in [1.82, 2.24) is 10.1 Å². The van der Waals surface area contributed by atoms with Crippen LogP contribution in [0.1, 0.15) is 25.1 Å². The molecule has 4 N–H and O–H groups in total. The molecule has 3 rings (SSSR count). The van der Waals surface area contributed by atoms with Crippen LogP contribution in [0.5, 0.6) is 0 Å². The van der Waals surface area contributed by atoms with E-state index in [9.17, 15) is 0 Å². The van der Waals surface area contributed by atoms with Gasteiger partial charge < -0.3 is 16.0 Å². The second-order valence-corrected chi connectivity index (χ2v) is 5.58. The van der Waals surface area contributed by atoms with Gasteiger partial charge in [-0.15, -0.1) is 0 Å². The average molecular weight is 309 g/mol. The Kier molecular flexibility index (Phi) is 2.64. The number of hydrogen-bond acceptors (Lipinski definition) is 5. The van der Waals surface area contributed by atoms with E-state index in [2.05, 4.69) is 26.1 Å². The third kappa shape index (κ3) is 1.81. The molecule has 1 aromatic heterocycles. The lowest BCUT2D eigenvalue weighted by atomic mass is 9.77. The van der Waals surface area contributed by atoms with Crippen molar-refractivity contribution in [1.29, 1.82) is 0 Å². The molecule has 0 aliphatic heterocycles. The monoisotopic (exact) mass is 308 g/mol. The van der Waals surface area contributed by atoms with Gasteiger partial charge in [0.2, 0.25) is 0 Å². The van der Waals surface area contributed by atoms with Gasteiger partial charge in [-0.25, -0.2) is 0 Å². The molecule has 1 fully saturated rings. The number of nitrogens with zero attached hydrogens (tertiary/aromatic N) is 2. The summed E-state index contributed by atoms with van der Waals surface area (Å²) in [6, 6.07) is 5.54. The molecule has 0 radical (unpaired) electrons. The van der Waals surface area contributed by atoms with E-state index in [-0.39, 0.29) is 0 Å². The van der Waals surface area contributed by atoms with Crippen LogP contribution in [0.25, 0.3) is 11.5 Å². The summed E-state index contributed by atoms with van der Waals surface area (Å²) < 4.78 is 6.17. The smallest absolute Gasteiger partial charge is 0.260 e. The molecule has 1 aliphatic carbocycles. The largest absolute Gasteiger partial charge is 0.398 e. The van der Waals surface area contributed by atoms with Gasteiger partial charge in [-0.3, -0.25) is 0 Å². The molecule has 1 heterocycles. The fourth-order valence-electron chi connectivity index (χ4n) is 2.04. The summed E-state index contributed by atoms with van der Waals surface area (Å²) in [5, 5.41) is 3.97. The van der Waals surface area contributed by atoms with Gasteiger partial charge in [0.25, 0.3) is 5.89 Å². The van der Waals surface area contributed by atoms with Gasteiger partial charge in [0.15, 0.2) is 5.82 Å². The molecular formula is C12H13BrN4O. The van der Waals surface area contributed by atoms with Gasteiger partial charge in [0.05, 0.1) is 11.1 Å². The molecule has 6 heteroatoms. The topological polar surface area (TPSA) is 91.0 Å². The Hall–Kier alpha value is -1.40. The second kappa shape index (κ2) is 4.07. The lowest BCUT2D eigenvalue weighted by molar-refractivity contribution is 0.229. The van der Waals surface area contributed by atoms with E-state index in [0.29, 0.717) is 17.4 Å². The van der Waals surface area contributed by atoms with Gasteiger partial charge in [-0.05, 0) is 37.5 Å². The Morgan fingerprint density at radius 1 is 1.33 bits per heavy atom. The Bertz CT molecular complexity index is 592. The highest BCUT2D eigenvalue weighted by Gasteiger charge is 2.39. The van der Waals surface area contributed by atoms with E-state index in [4.69, 9.17) is 16.0 Å². The standard InChI is InChI=1S/C12H13BrN4O/c13-7-2-3-8(9(14)6-7)10-16-11(17-18-10)12(15)4-1-5-12/h2-3,6H,1,4-5,14-15H2. The molecular weight excluding hydrogens is 296 g/mol. The van der Waals surface area contributed by atoms with Crippen LogP contribution in [-0.4, -0.2) is 10.1 Å². The molecule has 5 nitrogen and oxygen atoms in total. The molecule has 0 saturated heterocycles. The maximum absolute atomic E-state index is 6.15. The fourth-order valence-corrected chi connectivity index (χ4v) is 2.42. The molecule has 0 bridgehead atoms. The average Bonchev–Trinajstić information content (AvgIpc) is 2.75. The predicted octanol–water partition coefficient (Wildman–Crippen LogP) is 2.42. The number of anilines is 1. The van der Waals surface area contributed by atoms with E-state index in [1.807, 2.05) is 12.1 Å². The van der Waals surface area contributed by atoms with Crippen LogP contribution in [-0.2, 0) is 5.54 Å². The Morgan fingerprint density at radius 2 is 2.11 bits per heavy atom. The zero-order valence-electron chi connectivity index (χ0n) is 9.69. The van der Waals surface area contributed by atoms with Crippen molar-refractivity contribution in [3.8, 4) is 11.5 Å². The van der Waals surface area contributed by atoms with Crippen molar-refractivity contribution in [2.75, 3.05) is 5.73 Å². The van der Waals surface area contributed by atoms with Crippen LogP contribution in [0.2, 0.25) is 0 Å². The maximum Gasteiger partial charge on any atom is 0.260 e. The summed E-state index contributed by atoms with van der Waals surface area (Å²) >= 11 is 3.36. The Labute approximate surface area is 113 Å². The highest BCUT2D eigenvalue weighted by atomic mass is 79.9. The van der Waals surface area contributed by atoms with Gasteiger partial charge in [-0.2, -0.15) is 4.98 Å². The van der Waals surface area contributed by atoms with E-state index in [1.54, 1.807) is 6.07 Å². The SMILES string of the molecule is Nc1cc(Br)ccc1-c1nc(C2(N)CCC2)no1. The van der Waals surface area contributed by atoms with Gasteiger partial charge in [-0.1, -0.05) is 21.1 Å². The van der Waals surface area contributed by atoms with Crippen molar-refractivity contribution in [2.24, 2.45) is 5.73 Å². The van der Waals surface area contributed by atoms with Crippen molar-refractivity contribution < 1.29 is 4.52 Å². The molecule has 0 unspecified atom stereocenters.